The average molecular weight is 430 g/mol. The van der Waals surface area contributed by atoms with Gasteiger partial charge in [-0.2, -0.15) is 0 Å². The molecule has 1 aromatic rings. The molecule has 1 aromatic carbocycles. The number of amides is 3. The van der Waals surface area contributed by atoms with Crippen LogP contribution in [-0.2, 0) is 19.1 Å². The summed E-state index contributed by atoms with van der Waals surface area (Å²) >= 11 is 0. The Morgan fingerprint density at radius 2 is 2.03 bits per heavy atom. The van der Waals surface area contributed by atoms with Gasteiger partial charge in [0.25, 0.3) is 0 Å². The summed E-state index contributed by atoms with van der Waals surface area (Å²) in [4.78, 5) is 41.4. The number of nitrogens with zero attached hydrogens (tertiary/aromatic N) is 1. The maximum atomic E-state index is 13.8. The number of nitrogens with one attached hydrogen (secondary N) is 2. The summed E-state index contributed by atoms with van der Waals surface area (Å²) in [6.07, 6.45) is 2.56. The van der Waals surface area contributed by atoms with Crippen molar-refractivity contribution in [2.45, 2.75) is 56.4 Å². The highest BCUT2D eigenvalue weighted by Gasteiger charge is 2.75. The minimum Gasteiger partial charge on any atom is -0.394 e. The third-order valence-corrected chi connectivity index (χ3v) is 7.06. The first-order valence-corrected chi connectivity index (χ1v) is 11.1. The second kappa shape index (κ2) is 8.59. The van der Waals surface area contributed by atoms with E-state index in [1.165, 1.54) is 4.90 Å². The van der Waals surface area contributed by atoms with E-state index in [-0.39, 0.29) is 30.4 Å². The summed E-state index contributed by atoms with van der Waals surface area (Å²) in [6, 6.07) is 7.62. The molecule has 8 heteroatoms. The lowest BCUT2D eigenvalue weighted by atomic mass is 9.70. The van der Waals surface area contributed by atoms with Crippen LogP contribution in [0.3, 0.4) is 0 Å². The number of benzene rings is 1. The second-order valence-electron chi connectivity index (χ2n) is 8.67. The van der Waals surface area contributed by atoms with Crippen molar-refractivity contribution >= 4 is 17.7 Å². The molecule has 168 valence electrons. The number of aliphatic hydroxyl groups excluding tert-OH is 1. The quantitative estimate of drug-likeness (QED) is 0.529. The number of unbranched alkanes of at least 4 members (excludes halogenated alkanes) is 1. The fraction of sp³-hybridized carbons (Fsp3) is 0.609. The van der Waals surface area contributed by atoms with Gasteiger partial charge in [-0.1, -0.05) is 43.7 Å². The molecule has 0 aromatic heterocycles. The number of hydrogen-bond donors (Lipinski definition) is 3. The first-order chi connectivity index (χ1) is 15.0. The van der Waals surface area contributed by atoms with Gasteiger partial charge in [-0.05, 0) is 24.8 Å². The Kier molecular flexibility index (Phi) is 6.03. The maximum absolute atomic E-state index is 13.8. The Hall–Kier alpha value is -2.45. The molecule has 3 saturated heterocycles. The second-order valence-corrected chi connectivity index (χ2v) is 8.67. The third kappa shape index (κ3) is 3.32. The number of carbonyl (C=O) groups excluding carboxylic acids is 3. The van der Waals surface area contributed by atoms with Gasteiger partial charge in [0.1, 0.15) is 11.6 Å². The summed E-state index contributed by atoms with van der Waals surface area (Å²) in [5.41, 5.74) is -0.302. The van der Waals surface area contributed by atoms with Crippen LogP contribution in [0, 0.1) is 11.8 Å². The number of likely N-dealkylation sites (tertiary alicyclic amines) is 1. The predicted molar refractivity (Wildman–Crippen MR) is 113 cm³/mol. The lowest BCUT2D eigenvalue weighted by molar-refractivity contribution is -0.145. The maximum Gasteiger partial charge on any atom is 0.245 e. The van der Waals surface area contributed by atoms with Crippen LogP contribution in [0.2, 0.25) is 0 Å². The molecular formula is C23H31N3O5. The van der Waals surface area contributed by atoms with Gasteiger partial charge in [-0.15, -0.1) is 0 Å². The topological polar surface area (TPSA) is 108 Å². The number of aliphatic hydroxyl groups is 1. The molecule has 3 N–H and O–H groups in total. The van der Waals surface area contributed by atoms with E-state index >= 15 is 0 Å². The van der Waals surface area contributed by atoms with Crippen LogP contribution in [0.1, 0.15) is 44.2 Å². The van der Waals surface area contributed by atoms with Crippen molar-refractivity contribution in [2.24, 2.45) is 11.8 Å². The van der Waals surface area contributed by atoms with Crippen molar-refractivity contribution in [1.29, 1.82) is 0 Å². The lowest BCUT2D eigenvalue weighted by Gasteiger charge is -2.36. The van der Waals surface area contributed by atoms with Crippen molar-refractivity contribution in [1.82, 2.24) is 15.5 Å². The number of hydrogen-bond acceptors (Lipinski definition) is 5. The molecular weight excluding hydrogens is 398 g/mol. The van der Waals surface area contributed by atoms with Crippen molar-refractivity contribution in [3.63, 3.8) is 0 Å². The molecule has 3 aliphatic heterocycles. The van der Waals surface area contributed by atoms with Gasteiger partial charge in [0.15, 0.2) is 0 Å². The first kappa shape index (κ1) is 21.8. The van der Waals surface area contributed by atoms with E-state index in [1.54, 1.807) is 7.05 Å². The van der Waals surface area contributed by atoms with E-state index < -0.39 is 29.5 Å². The Bertz CT molecular complexity index is 847. The Morgan fingerprint density at radius 1 is 1.29 bits per heavy atom. The van der Waals surface area contributed by atoms with E-state index in [0.29, 0.717) is 19.4 Å². The van der Waals surface area contributed by atoms with Crippen LogP contribution in [0.15, 0.2) is 30.3 Å². The van der Waals surface area contributed by atoms with E-state index in [2.05, 4.69) is 10.6 Å². The van der Waals surface area contributed by atoms with Crippen molar-refractivity contribution < 1.29 is 24.2 Å². The van der Waals surface area contributed by atoms with Crippen molar-refractivity contribution in [2.75, 3.05) is 20.2 Å². The van der Waals surface area contributed by atoms with Gasteiger partial charge in [0.05, 0.1) is 30.6 Å². The summed E-state index contributed by atoms with van der Waals surface area (Å²) in [5.74, 6) is -2.17. The fourth-order valence-electron chi connectivity index (χ4n) is 5.71. The first-order valence-electron chi connectivity index (χ1n) is 11.1. The van der Waals surface area contributed by atoms with Gasteiger partial charge in [0.2, 0.25) is 17.7 Å². The van der Waals surface area contributed by atoms with Gasteiger partial charge < -0.3 is 25.4 Å². The highest BCUT2D eigenvalue weighted by atomic mass is 16.5. The highest BCUT2D eigenvalue weighted by Crippen LogP contribution is 2.59. The van der Waals surface area contributed by atoms with Crippen LogP contribution in [0.5, 0.6) is 0 Å². The standard InChI is InChI=1S/C23H31N3O5/c1-3-4-12-25-21(29)19-23-11-10-16(31-23)17(20(28)24-2)18(23)22(30)26(19)15(13-27)14-8-6-5-7-9-14/h5-9,15-19,27H,3-4,10-13H2,1-2H3,(H,24,28)(H,25,29)/t15-,16+,17-,18+,19?,23?/m1/s1. The van der Waals surface area contributed by atoms with Crippen LogP contribution in [-0.4, -0.2) is 65.7 Å². The van der Waals surface area contributed by atoms with E-state index in [0.717, 1.165) is 18.4 Å². The minimum absolute atomic E-state index is 0.239. The molecule has 0 radical (unpaired) electrons. The lowest BCUT2D eigenvalue weighted by Crippen LogP contribution is -2.56. The normalized spacial score (nSPS) is 32.1. The van der Waals surface area contributed by atoms with Crippen LogP contribution in [0.25, 0.3) is 0 Å². The Labute approximate surface area is 182 Å². The zero-order valence-corrected chi connectivity index (χ0v) is 18.0. The van der Waals surface area contributed by atoms with Crippen LogP contribution >= 0.6 is 0 Å². The molecule has 1 spiro atoms. The molecule has 6 atom stereocenters. The molecule has 3 aliphatic rings. The number of ether oxygens (including phenoxy) is 1. The van der Waals surface area contributed by atoms with E-state index in [9.17, 15) is 19.5 Å². The minimum atomic E-state index is -1.04. The number of carbonyl (C=O) groups is 3. The summed E-state index contributed by atoms with van der Waals surface area (Å²) in [7, 11) is 1.55. The van der Waals surface area contributed by atoms with Crippen LogP contribution < -0.4 is 10.6 Å². The summed E-state index contributed by atoms with van der Waals surface area (Å²) in [5, 5.41) is 15.9. The number of rotatable bonds is 8. The molecule has 4 rings (SSSR count). The van der Waals surface area contributed by atoms with Crippen molar-refractivity contribution in [3.8, 4) is 0 Å². The Balaban J connectivity index is 1.76. The average Bonchev–Trinajstić information content (AvgIpc) is 3.42. The fourth-order valence-corrected chi connectivity index (χ4v) is 5.71. The zero-order valence-electron chi connectivity index (χ0n) is 18.0. The molecule has 3 amide bonds. The van der Waals surface area contributed by atoms with Gasteiger partial charge in [-0.25, -0.2) is 0 Å². The molecule has 3 fully saturated rings. The molecule has 8 nitrogen and oxygen atoms in total. The van der Waals surface area contributed by atoms with Crippen LogP contribution in [0.4, 0.5) is 0 Å². The van der Waals surface area contributed by atoms with Crippen molar-refractivity contribution in [3.05, 3.63) is 35.9 Å². The summed E-state index contributed by atoms with van der Waals surface area (Å²) < 4.78 is 6.32. The van der Waals surface area contributed by atoms with Gasteiger partial charge in [-0.3, -0.25) is 14.4 Å². The molecule has 31 heavy (non-hydrogen) atoms. The zero-order chi connectivity index (χ0) is 22.2. The molecule has 2 unspecified atom stereocenters. The van der Waals surface area contributed by atoms with Gasteiger partial charge in [0, 0.05) is 13.6 Å². The van der Waals surface area contributed by atoms with Gasteiger partial charge >= 0.3 is 0 Å². The molecule has 3 heterocycles. The van der Waals surface area contributed by atoms with E-state index in [1.807, 2.05) is 37.3 Å². The Morgan fingerprint density at radius 3 is 2.68 bits per heavy atom. The predicted octanol–water partition coefficient (Wildman–Crippen LogP) is 0.757. The smallest absolute Gasteiger partial charge is 0.245 e. The number of fused-ring (bicyclic) bond motifs is 1. The van der Waals surface area contributed by atoms with E-state index in [4.69, 9.17) is 4.74 Å². The molecule has 0 saturated carbocycles. The third-order valence-electron chi connectivity index (χ3n) is 7.06. The SMILES string of the molecule is CCCCNC(=O)C1N([C@H](CO)c2ccccc2)C(=O)[C@@H]2[C@H](C(=O)NC)[C@@H]3CCC12O3. The molecule has 2 bridgehead atoms. The molecule has 0 aliphatic carbocycles. The monoisotopic (exact) mass is 429 g/mol. The largest absolute Gasteiger partial charge is 0.394 e. The highest BCUT2D eigenvalue weighted by molar-refractivity contribution is 5.99. The summed E-state index contributed by atoms with van der Waals surface area (Å²) in [6.45, 7) is 2.22.